The Labute approximate surface area is 100 Å². The number of para-hydroxylation sites is 1. The van der Waals surface area contributed by atoms with Gasteiger partial charge in [0, 0.05) is 18.0 Å². The number of Topliss-reactive ketones (excluding diaryl/α,β-unsaturated/α-hetero) is 1. The van der Waals surface area contributed by atoms with Crippen molar-refractivity contribution in [3.05, 3.63) is 29.8 Å². The van der Waals surface area contributed by atoms with Gasteiger partial charge in [-0.15, -0.1) is 0 Å². The van der Waals surface area contributed by atoms with Crippen molar-refractivity contribution in [1.29, 1.82) is 0 Å². The number of piperidine rings is 2. The van der Waals surface area contributed by atoms with E-state index >= 15 is 0 Å². The molecule has 1 amide bonds. The highest BCUT2D eigenvalue weighted by atomic mass is 16.2. The van der Waals surface area contributed by atoms with Crippen LogP contribution in [0.2, 0.25) is 0 Å². The second-order valence-electron chi connectivity index (χ2n) is 5.06. The molecule has 0 N–H and O–H groups in total. The van der Waals surface area contributed by atoms with Gasteiger partial charge in [-0.3, -0.25) is 9.59 Å². The first-order valence-corrected chi connectivity index (χ1v) is 6.08. The number of hydrogen-bond acceptors (Lipinski definition) is 2. The SMILES string of the molecule is CC(=O)c1ccccc1N1CC2CC(C2)C1=O. The van der Waals surface area contributed by atoms with E-state index in [9.17, 15) is 9.59 Å². The summed E-state index contributed by atoms with van der Waals surface area (Å²) in [6, 6.07) is 7.40. The fraction of sp³-hybridized carbons (Fsp3) is 0.429. The van der Waals surface area contributed by atoms with Gasteiger partial charge in [-0.2, -0.15) is 0 Å². The summed E-state index contributed by atoms with van der Waals surface area (Å²) in [6.07, 6.45) is 2.08. The Morgan fingerprint density at radius 2 is 2.00 bits per heavy atom. The molecule has 0 spiro atoms. The molecule has 3 nitrogen and oxygen atoms in total. The third-order valence-corrected chi connectivity index (χ3v) is 3.87. The summed E-state index contributed by atoms with van der Waals surface area (Å²) in [5.41, 5.74) is 1.45. The molecule has 88 valence electrons. The van der Waals surface area contributed by atoms with Gasteiger partial charge in [-0.25, -0.2) is 0 Å². The molecular formula is C14H15NO2. The zero-order chi connectivity index (χ0) is 12.0. The van der Waals surface area contributed by atoms with Gasteiger partial charge in [0.2, 0.25) is 5.91 Å². The molecule has 1 aliphatic carbocycles. The van der Waals surface area contributed by atoms with Crippen LogP contribution in [0.1, 0.15) is 30.1 Å². The summed E-state index contributed by atoms with van der Waals surface area (Å²) < 4.78 is 0. The van der Waals surface area contributed by atoms with Crippen LogP contribution in [0.5, 0.6) is 0 Å². The van der Waals surface area contributed by atoms with E-state index in [1.54, 1.807) is 17.9 Å². The van der Waals surface area contributed by atoms with Gasteiger partial charge in [-0.1, -0.05) is 12.1 Å². The summed E-state index contributed by atoms with van der Waals surface area (Å²) in [6.45, 7) is 2.33. The third kappa shape index (κ3) is 1.57. The van der Waals surface area contributed by atoms with Gasteiger partial charge >= 0.3 is 0 Å². The molecule has 0 atom stereocenters. The van der Waals surface area contributed by atoms with Crippen molar-refractivity contribution < 1.29 is 9.59 Å². The maximum absolute atomic E-state index is 12.2. The quantitative estimate of drug-likeness (QED) is 0.729. The van der Waals surface area contributed by atoms with Crippen molar-refractivity contribution >= 4 is 17.4 Å². The summed E-state index contributed by atoms with van der Waals surface area (Å²) in [5, 5.41) is 0. The van der Waals surface area contributed by atoms with Crippen LogP contribution in [-0.4, -0.2) is 18.2 Å². The van der Waals surface area contributed by atoms with Crippen LogP contribution in [-0.2, 0) is 4.79 Å². The Balaban J connectivity index is 1.99. The molecule has 3 fully saturated rings. The lowest BCUT2D eigenvalue weighted by Crippen LogP contribution is -2.53. The standard InChI is InChI=1S/C14H15NO2/c1-9(16)12-4-2-3-5-13(12)15-8-10-6-11(7-10)14(15)17/h2-5,10-11H,6-8H2,1H3. The van der Waals surface area contributed by atoms with Crippen LogP contribution < -0.4 is 4.90 Å². The predicted octanol–water partition coefficient (Wildman–Crippen LogP) is 2.26. The van der Waals surface area contributed by atoms with E-state index in [2.05, 4.69) is 0 Å². The molecule has 3 aliphatic rings. The third-order valence-electron chi connectivity index (χ3n) is 3.87. The number of anilines is 1. The zero-order valence-electron chi connectivity index (χ0n) is 9.85. The highest BCUT2D eigenvalue weighted by Crippen LogP contribution is 2.42. The molecule has 2 saturated heterocycles. The molecule has 1 aromatic rings. The first-order valence-electron chi connectivity index (χ1n) is 6.08. The first kappa shape index (κ1) is 10.5. The number of benzene rings is 1. The van der Waals surface area contributed by atoms with Gasteiger partial charge in [0.1, 0.15) is 0 Å². The molecular weight excluding hydrogens is 214 g/mol. The molecule has 1 aromatic carbocycles. The van der Waals surface area contributed by atoms with Crippen molar-refractivity contribution in [1.82, 2.24) is 0 Å². The monoisotopic (exact) mass is 229 g/mol. The van der Waals surface area contributed by atoms with Crippen molar-refractivity contribution in [2.45, 2.75) is 19.8 Å². The van der Waals surface area contributed by atoms with Crippen LogP contribution in [0.3, 0.4) is 0 Å². The van der Waals surface area contributed by atoms with E-state index in [1.807, 2.05) is 18.2 Å². The molecule has 3 heteroatoms. The number of carbonyl (C=O) groups is 2. The number of rotatable bonds is 2. The molecule has 0 unspecified atom stereocenters. The van der Waals surface area contributed by atoms with Crippen LogP contribution in [0, 0.1) is 11.8 Å². The maximum atomic E-state index is 12.2. The van der Waals surface area contributed by atoms with Crippen LogP contribution in [0.15, 0.2) is 24.3 Å². The Morgan fingerprint density at radius 3 is 2.65 bits per heavy atom. The highest BCUT2D eigenvalue weighted by molar-refractivity contribution is 6.06. The fourth-order valence-corrected chi connectivity index (χ4v) is 2.88. The molecule has 17 heavy (non-hydrogen) atoms. The Hall–Kier alpha value is -1.64. The van der Waals surface area contributed by atoms with E-state index < -0.39 is 0 Å². The average Bonchev–Trinajstić information content (AvgIpc) is 2.27. The molecule has 2 heterocycles. The van der Waals surface area contributed by atoms with E-state index in [4.69, 9.17) is 0 Å². The van der Waals surface area contributed by atoms with Crippen molar-refractivity contribution in [3.63, 3.8) is 0 Å². The number of nitrogens with zero attached hydrogens (tertiary/aromatic N) is 1. The zero-order valence-corrected chi connectivity index (χ0v) is 9.85. The predicted molar refractivity (Wildman–Crippen MR) is 65.0 cm³/mol. The fourth-order valence-electron chi connectivity index (χ4n) is 2.88. The van der Waals surface area contributed by atoms with E-state index in [0.29, 0.717) is 11.5 Å². The van der Waals surface area contributed by atoms with Crippen LogP contribution >= 0.6 is 0 Å². The van der Waals surface area contributed by atoms with Gasteiger partial charge in [0.25, 0.3) is 0 Å². The van der Waals surface area contributed by atoms with Crippen molar-refractivity contribution in [3.8, 4) is 0 Å². The van der Waals surface area contributed by atoms with Gasteiger partial charge in [0.15, 0.2) is 5.78 Å². The molecule has 0 radical (unpaired) electrons. The molecule has 2 bridgehead atoms. The lowest BCUT2D eigenvalue weighted by atomic mass is 9.70. The minimum atomic E-state index is 0.0210. The normalized spacial score (nSPS) is 26.6. The summed E-state index contributed by atoms with van der Waals surface area (Å²) in [5.74, 6) is 1.06. The number of carbonyl (C=O) groups excluding carboxylic acids is 2. The number of amides is 1. The lowest BCUT2D eigenvalue weighted by Gasteiger charge is -2.46. The Bertz CT molecular complexity index is 489. The Morgan fingerprint density at radius 1 is 1.29 bits per heavy atom. The van der Waals surface area contributed by atoms with Gasteiger partial charge in [-0.05, 0) is 37.8 Å². The summed E-state index contributed by atoms with van der Waals surface area (Å²) in [7, 11) is 0. The lowest BCUT2D eigenvalue weighted by molar-refractivity contribution is -0.129. The van der Waals surface area contributed by atoms with Crippen LogP contribution in [0.4, 0.5) is 5.69 Å². The maximum Gasteiger partial charge on any atom is 0.230 e. The average molecular weight is 229 g/mol. The number of hydrogen-bond donors (Lipinski definition) is 0. The Kier molecular flexibility index (Phi) is 2.28. The second-order valence-corrected chi connectivity index (χ2v) is 5.06. The summed E-state index contributed by atoms with van der Waals surface area (Å²) in [4.78, 5) is 25.5. The second kappa shape index (κ2) is 3.69. The minimum absolute atomic E-state index is 0.0210. The van der Waals surface area contributed by atoms with Gasteiger partial charge < -0.3 is 4.90 Å². The number of ketones is 1. The summed E-state index contributed by atoms with van der Waals surface area (Å²) >= 11 is 0. The van der Waals surface area contributed by atoms with E-state index in [1.165, 1.54) is 0 Å². The number of fused-ring (bicyclic) bond motifs is 2. The minimum Gasteiger partial charge on any atom is -0.311 e. The smallest absolute Gasteiger partial charge is 0.230 e. The van der Waals surface area contributed by atoms with Crippen molar-refractivity contribution in [2.24, 2.45) is 11.8 Å². The topological polar surface area (TPSA) is 37.4 Å². The van der Waals surface area contributed by atoms with E-state index in [0.717, 1.165) is 25.1 Å². The first-order chi connectivity index (χ1) is 8.16. The molecule has 1 saturated carbocycles. The molecule has 2 aliphatic heterocycles. The van der Waals surface area contributed by atoms with E-state index in [-0.39, 0.29) is 17.6 Å². The van der Waals surface area contributed by atoms with Crippen LogP contribution in [0.25, 0.3) is 0 Å². The molecule has 0 aromatic heterocycles. The highest BCUT2D eigenvalue weighted by Gasteiger charge is 2.44. The largest absolute Gasteiger partial charge is 0.311 e. The van der Waals surface area contributed by atoms with Gasteiger partial charge in [0.05, 0.1) is 5.69 Å². The van der Waals surface area contributed by atoms with Crippen molar-refractivity contribution in [2.75, 3.05) is 11.4 Å². The molecule has 4 rings (SSSR count).